The van der Waals surface area contributed by atoms with Crippen LogP contribution in [0.4, 0.5) is 0 Å². The fourth-order valence-electron chi connectivity index (χ4n) is 2.02. The van der Waals surface area contributed by atoms with E-state index in [-0.39, 0.29) is 31.2 Å². The van der Waals surface area contributed by atoms with Gasteiger partial charge in [0.25, 0.3) is 0 Å². The van der Waals surface area contributed by atoms with Crippen molar-refractivity contribution in [3.8, 4) is 5.75 Å². The van der Waals surface area contributed by atoms with Gasteiger partial charge in [0.2, 0.25) is 10.0 Å². The molecule has 0 amide bonds. The highest BCUT2D eigenvalue weighted by molar-refractivity contribution is 7.89. The third kappa shape index (κ3) is 3.16. The van der Waals surface area contributed by atoms with Gasteiger partial charge in [-0.15, -0.1) is 0 Å². The lowest BCUT2D eigenvalue weighted by atomic mass is 10.2. The van der Waals surface area contributed by atoms with Crippen LogP contribution in [-0.4, -0.2) is 66.4 Å². The molecule has 0 spiro atoms. The molecule has 1 heterocycles. The van der Waals surface area contributed by atoms with Crippen molar-refractivity contribution in [2.45, 2.75) is 11.0 Å². The summed E-state index contributed by atoms with van der Waals surface area (Å²) in [7, 11) is -3.91. The van der Waals surface area contributed by atoms with E-state index in [0.29, 0.717) is 0 Å². The first-order chi connectivity index (χ1) is 9.86. The van der Waals surface area contributed by atoms with Crippen molar-refractivity contribution < 1.29 is 33.3 Å². The van der Waals surface area contributed by atoms with Crippen LogP contribution in [0.2, 0.25) is 0 Å². The largest absolute Gasteiger partial charge is 0.507 e. The first kappa shape index (κ1) is 15.7. The summed E-state index contributed by atoms with van der Waals surface area (Å²) < 4.78 is 31.2. The van der Waals surface area contributed by atoms with Crippen molar-refractivity contribution >= 4 is 16.0 Å². The zero-order valence-electron chi connectivity index (χ0n) is 11.0. The Morgan fingerprint density at radius 1 is 1.43 bits per heavy atom. The highest BCUT2D eigenvalue weighted by atomic mass is 32.2. The predicted octanol–water partition coefficient (Wildman–Crippen LogP) is -0.528. The van der Waals surface area contributed by atoms with Crippen LogP contribution in [-0.2, 0) is 14.8 Å². The maximum absolute atomic E-state index is 12.4. The minimum absolute atomic E-state index is 0.0118. The monoisotopic (exact) mass is 317 g/mol. The normalized spacial score (nSPS) is 20.3. The maximum Gasteiger partial charge on any atom is 0.339 e. The third-order valence-corrected chi connectivity index (χ3v) is 5.00. The Morgan fingerprint density at radius 3 is 2.76 bits per heavy atom. The van der Waals surface area contributed by atoms with Gasteiger partial charge in [-0.1, -0.05) is 0 Å². The average Bonchev–Trinajstić information content (AvgIpc) is 2.47. The molecule has 0 saturated carbocycles. The number of carboxylic acids is 1. The summed E-state index contributed by atoms with van der Waals surface area (Å²) in [5, 5.41) is 27.4. The molecule has 116 valence electrons. The van der Waals surface area contributed by atoms with E-state index < -0.39 is 33.4 Å². The molecule has 1 aliphatic rings. The zero-order chi connectivity index (χ0) is 15.6. The number of benzene rings is 1. The molecule has 1 aromatic carbocycles. The number of aliphatic hydroxyl groups excluding tert-OH is 1. The Bertz CT molecular complexity index is 643. The van der Waals surface area contributed by atoms with E-state index in [1.54, 1.807) is 0 Å². The fraction of sp³-hybridized carbons (Fsp3) is 0.417. The summed E-state index contributed by atoms with van der Waals surface area (Å²) in [4.78, 5) is 10.7. The lowest BCUT2D eigenvalue weighted by Gasteiger charge is -2.31. The summed E-state index contributed by atoms with van der Waals surface area (Å²) in [5.74, 6) is -1.92. The van der Waals surface area contributed by atoms with Crippen molar-refractivity contribution in [1.29, 1.82) is 0 Å². The number of aromatic carboxylic acids is 1. The molecule has 1 atom stereocenters. The molecular weight excluding hydrogens is 302 g/mol. The van der Waals surface area contributed by atoms with E-state index in [1.165, 1.54) is 0 Å². The number of phenols is 1. The number of hydrogen-bond donors (Lipinski definition) is 3. The molecule has 21 heavy (non-hydrogen) atoms. The van der Waals surface area contributed by atoms with Gasteiger partial charge in [-0.25, -0.2) is 13.2 Å². The SMILES string of the molecule is O=C(O)c1cc(S(=O)(=O)N2CCOC(CO)C2)ccc1O. The highest BCUT2D eigenvalue weighted by Crippen LogP contribution is 2.24. The summed E-state index contributed by atoms with van der Waals surface area (Å²) >= 11 is 0. The van der Waals surface area contributed by atoms with Crippen LogP contribution >= 0.6 is 0 Å². The molecule has 0 aromatic heterocycles. The number of aliphatic hydroxyl groups is 1. The summed E-state index contributed by atoms with van der Waals surface area (Å²) in [6.45, 7) is -0.0550. The molecule has 1 saturated heterocycles. The van der Waals surface area contributed by atoms with Gasteiger partial charge < -0.3 is 20.1 Å². The maximum atomic E-state index is 12.4. The summed E-state index contributed by atoms with van der Waals surface area (Å²) in [5.41, 5.74) is -0.483. The molecule has 1 fully saturated rings. The molecule has 9 heteroatoms. The topological polar surface area (TPSA) is 124 Å². The van der Waals surface area contributed by atoms with E-state index >= 15 is 0 Å². The molecule has 3 N–H and O–H groups in total. The van der Waals surface area contributed by atoms with Crippen molar-refractivity contribution in [2.24, 2.45) is 0 Å². The van der Waals surface area contributed by atoms with Gasteiger partial charge in [-0.05, 0) is 18.2 Å². The van der Waals surface area contributed by atoms with Gasteiger partial charge in [0.1, 0.15) is 11.3 Å². The summed E-state index contributed by atoms with van der Waals surface area (Å²) in [6.07, 6.45) is -0.607. The molecule has 8 nitrogen and oxygen atoms in total. The smallest absolute Gasteiger partial charge is 0.339 e. The van der Waals surface area contributed by atoms with E-state index in [1.807, 2.05) is 0 Å². The minimum Gasteiger partial charge on any atom is -0.507 e. The fourth-order valence-corrected chi connectivity index (χ4v) is 3.50. The van der Waals surface area contributed by atoms with Gasteiger partial charge in [0.05, 0.1) is 24.2 Å². The van der Waals surface area contributed by atoms with Gasteiger partial charge in [-0.3, -0.25) is 0 Å². The molecule has 1 unspecified atom stereocenters. The van der Waals surface area contributed by atoms with Crippen molar-refractivity contribution in [1.82, 2.24) is 4.31 Å². The highest BCUT2D eigenvalue weighted by Gasteiger charge is 2.31. The molecular formula is C12H15NO7S. The summed E-state index contributed by atoms with van der Waals surface area (Å²) in [6, 6.07) is 3.08. The number of sulfonamides is 1. The van der Waals surface area contributed by atoms with E-state index in [0.717, 1.165) is 22.5 Å². The average molecular weight is 317 g/mol. The molecule has 0 radical (unpaired) electrons. The standard InChI is InChI=1S/C12H15NO7S/c14-7-8-6-13(3-4-20-8)21(18,19)9-1-2-11(15)10(5-9)12(16)17/h1-2,5,8,14-15H,3-4,6-7H2,(H,16,17). The Hall–Kier alpha value is -1.68. The number of rotatable bonds is 4. The van der Waals surface area contributed by atoms with Gasteiger partial charge in [0, 0.05) is 13.1 Å². The Labute approximate surface area is 121 Å². The Morgan fingerprint density at radius 2 is 2.14 bits per heavy atom. The predicted molar refractivity (Wildman–Crippen MR) is 70.7 cm³/mol. The molecule has 0 bridgehead atoms. The number of carboxylic acid groups (broad SMARTS) is 1. The molecule has 2 rings (SSSR count). The molecule has 0 aliphatic carbocycles. The van der Waals surface area contributed by atoms with Crippen LogP contribution in [0.1, 0.15) is 10.4 Å². The number of carbonyl (C=O) groups is 1. The first-order valence-electron chi connectivity index (χ1n) is 6.15. The van der Waals surface area contributed by atoms with Gasteiger partial charge >= 0.3 is 5.97 Å². The first-order valence-corrected chi connectivity index (χ1v) is 7.59. The second kappa shape index (κ2) is 5.98. The van der Waals surface area contributed by atoms with Crippen LogP contribution in [0, 0.1) is 0 Å². The Kier molecular flexibility index (Phi) is 4.47. The second-order valence-corrected chi connectivity index (χ2v) is 6.46. The van der Waals surface area contributed by atoms with Crippen LogP contribution in [0.25, 0.3) is 0 Å². The van der Waals surface area contributed by atoms with Crippen LogP contribution in [0.5, 0.6) is 5.75 Å². The molecule has 1 aliphatic heterocycles. The van der Waals surface area contributed by atoms with Gasteiger partial charge in [0.15, 0.2) is 0 Å². The second-order valence-electron chi connectivity index (χ2n) is 4.52. The van der Waals surface area contributed by atoms with Crippen LogP contribution < -0.4 is 0 Å². The number of hydrogen-bond acceptors (Lipinski definition) is 6. The Balaban J connectivity index is 2.35. The van der Waals surface area contributed by atoms with Crippen molar-refractivity contribution in [3.63, 3.8) is 0 Å². The number of aromatic hydroxyl groups is 1. The van der Waals surface area contributed by atoms with E-state index in [4.69, 9.17) is 14.9 Å². The lowest BCUT2D eigenvalue weighted by molar-refractivity contribution is -0.0304. The van der Waals surface area contributed by atoms with Gasteiger partial charge in [-0.2, -0.15) is 4.31 Å². The lowest BCUT2D eigenvalue weighted by Crippen LogP contribution is -2.46. The number of ether oxygens (including phenoxy) is 1. The number of nitrogens with zero attached hydrogens (tertiary/aromatic N) is 1. The third-order valence-electron chi connectivity index (χ3n) is 3.14. The number of morpholine rings is 1. The van der Waals surface area contributed by atoms with Crippen molar-refractivity contribution in [2.75, 3.05) is 26.3 Å². The van der Waals surface area contributed by atoms with E-state index in [2.05, 4.69) is 0 Å². The quantitative estimate of drug-likeness (QED) is 0.682. The van der Waals surface area contributed by atoms with Crippen molar-refractivity contribution in [3.05, 3.63) is 23.8 Å². The molecule has 1 aromatic rings. The minimum atomic E-state index is -3.91. The zero-order valence-corrected chi connectivity index (χ0v) is 11.8. The van der Waals surface area contributed by atoms with Crippen LogP contribution in [0.3, 0.4) is 0 Å². The van der Waals surface area contributed by atoms with Crippen LogP contribution in [0.15, 0.2) is 23.1 Å². The van der Waals surface area contributed by atoms with E-state index in [9.17, 15) is 18.3 Å².